The van der Waals surface area contributed by atoms with Gasteiger partial charge in [0.15, 0.2) is 5.65 Å². The van der Waals surface area contributed by atoms with Gasteiger partial charge in [0.05, 0.1) is 6.20 Å². The van der Waals surface area contributed by atoms with Gasteiger partial charge in [0, 0.05) is 42.7 Å². The largest absolute Gasteiger partial charge is 0.367 e. The molecule has 7 heteroatoms. The predicted molar refractivity (Wildman–Crippen MR) is 103 cm³/mol. The van der Waals surface area contributed by atoms with Crippen LogP contribution in [0.1, 0.15) is 36.8 Å². The Hall–Kier alpha value is -2.67. The van der Waals surface area contributed by atoms with Crippen molar-refractivity contribution in [3.05, 3.63) is 47.9 Å². The zero-order chi connectivity index (χ0) is 17.9. The Morgan fingerprint density at radius 3 is 2.85 bits per heavy atom. The Labute approximate surface area is 153 Å². The zero-order valence-corrected chi connectivity index (χ0v) is 15.0. The van der Waals surface area contributed by atoms with Crippen LogP contribution < -0.4 is 16.4 Å². The molecule has 0 amide bonds. The molecule has 3 heterocycles. The van der Waals surface area contributed by atoms with E-state index in [1.165, 1.54) is 0 Å². The third kappa shape index (κ3) is 3.62. The number of hydrogen-bond acceptors (Lipinski definition) is 6. The van der Waals surface area contributed by atoms with Gasteiger partial charge in [-0.25, -0.2) is 4.98 Å². The fourth-order valence-electron chi connectivity index (χ4n) is 3.44. The summed E-state index contributed by atoms with van der Waals surface area (Å²) in [5.41, 5.74) is 9.07. The number of rotatable bonds is 5. The van der Waals surface area contributed by atoms with Gasteiger partial charge >= 0.3 is 0 Å². The minimum Gasteiger partial charge on any atom is -0.367 e. The van der Waals surface area contributed by atoms with Crippen molar-refractivity contribution in [2.45, 2.75) is 51.2 Å². The number of aromatic nitrogens is 4. The van der Waals surface area contributed by atoms with Crippen molar-refractivity contribution in [1.82, 2.24) is 19.6 Å². The van der Waals surface area contributed by atoms with Crippen LogP contribution in [0.2, 0.25) is 0 Å². The maximum absolute atomic E-state index is 6.02. The highest BCUT2D eigenvalue weighted by molar-refractivity contribution is 5.60. The number of aryl methyl sites for hydroxylation is 1. The molecule has 1 saturated carbocycles. The van der Waals surface area contributed by atoms with Crippen LogP contribution in [-0.4, -0.2) is 31.7 Å². The van der Waals surface area contributed by atoms with Gasteiger partial charge in [0.2, 0.25) is 0 Å². The number of pyridine rings is 1. The molecule has 3 aromatic rings. The second kappa shape index (κ2) is 7.29. The molecule has 1 aliphatic carbocycles. The molecule has 0 aliphatic heterocycles. The van der Waals surface area contributed by atoms with E-state index in [1.54, 1.807) is 6.20 Å². The summed E-state index contributed by atoms with van der Waals surface area (Å²) in [4.78, 5) is 8.94. The first kappa shape index (κ1) is 16.8. The van der Waals surface area contributed by atoms with Gasteiger partial charge in [-0.15, -0.1) is 0 Å². The van der Waals surface area contributed by atoms with Crippen molar-refractivity contribution in [2.75, 3.05) is 10.6 Å². The molecule has 4 rings (SSSR count). The summed E-state index contributed by atoms with van der Waals surface area (Å²) >= 11 is 0. The number of fused-ring (bicyclic) bond motifs is 1. The van der Waals surface area contributed by atoms with E-state index >= 15 is 0 Å². The Balaban J connectivity index is 1.57. The molecule has 3 aromatic heterocycles. The summed E-state index contributed by atoms with van der Waals surface area (Å²) in [6.07, 6.45) is 9.80. The predicted octanol–water partition coefficient (Wildman–Crippen LogP) is 2.73. The number of nitrogens with zero attached hydrogens (tertiary/aromatic N) is 4. The van der Waals surface area contributed by atoms with Crippen LogP contribution in [0.25, 0.3) is 5.65 Å². The third-order valence-electron chi connectivity index (χ3n) is 4.97. The molecular weight excluding hydrogens is 326 g/mol. The second-order valence-electron chi connectivity index (χ2n) is 7.06. The number of anilines is 2. The standard InChI is InChI=1S/C19H25N7/c1-13-10-23-26-18(22-12-14-3-2-8-21-11-14)9-17(25-19(13)26)24-16-6-4-15(20)5-7-16/h2-3,8-11,15-16,22H,4-7,12,20H2,1H3,(H,24,25). The molecule has 4 N–H and O–H groups in total. The van der Waals surface area contributed by atoms with Gasteiger partial charge in [0.25, 0.3) is 0 Å². The van der Waals surface area contributed by atoms with E-state index in [0.717, 1.165) is 54.1 Å². The molecule has 0 bridgehead atoms. The summed E-state index contributed by atoms with van der Waals surface area (Å²) in [6.45, 7) is 2.72. The van der Waals surface area contributed by atoms with Crippen LogP contribution in [0, 0.1) is 6.92 Å². The topological polar surface area (TPSA) is 93.2 Å². The van der Waals surface area contributed by atoms with Crippen molar-refractivity contribution >= 4 is 17.3 Å². The van der Waals surface area contributed by atoms with Crippen LogP contribution in [0.15, 0.2) is 36.8 Å². The molecule has 1 aliphatic rings. The molecule has 0 unspecified atom stereocenters. The van der Waals surface area contributed by atoms with Crippen LogP contribution in [0.4, 0.5) is 11.6 Å². The number of nitrogens with one attached hydrogen (secondary N) is 2. The minimum absolute atomic E-state index is 0.345. The molecule has 1 fully saturated rings. The summed E-state index contributed by atoms with van der Waals surface area (Å²) < 4.78 is 1.85. The van der Waals surface area contributed by atoms with Crippen molar-refractivity contribution in [3.8, 4) is 0 Å². The van der Waals surface area contributed by atoms with E-state index in [0.29, 0.717) is 18.6 Å². The van der Waals surface area contributed by atoms with Crippen LogP contribution in [-0.2, 0) is 6.54 Å². The average Bonchev–Trinajstić information content (AvgIpc) is 3.04. The minimum atomic E-state index is 0.345. The fourth-order valence-corrected chi connectivity index (χ4v) is 3.44. The van der Waals surface area contributed by atoms with Gasteiger partial charge in [-0.2, -0.15) is 9.61 Å². The Morgan fingerprint density at radius 2 is 2.08 bits per heavy atom. The van der Waals surface area contributed by atoms with E-state index < -0.39 is 0 Å². The van der Waals surface area contributed by atoms with Gasteiger partial charge in [-0.3, -0.25) is 4.98 Å². The highest BCUT2D eigenvalue weighted by Crippen LogP contribution is 2.24. The lowest BCUT2D eigenvalue weighted by atomic mass is 9.92. The fraction of sp³-hybridized carbons (Fsp3) is 0.421. The van der Waals surface area contributed by atoms with Gasteiger partial charge in [-0.05, 0) is 44.2 Å². The van der Waals surface area contributed by atoms with E-state index in [1.807, 2.05) is 36.0 Å². The molecule has 0 spiro atoms. The summed E-state index contributed by atoms with van der Waals surface area (Å²) in [6, 6.07) is 6.80. The van der Waals surface area contributed by atoms with Crippen LogP contribution in [0.5, 0.6) is 0 Å². The first-order valence-corrected chi connectivity index (χ1v) is 9.19. The van der Waals surface area contributed by atoms with Crippen LogP contribution >= 0.6 is 0 Å². The molecule has 136 valence electrons. The summed E-state index contributed by atoms with van der Waals surface area (Å²) in [5.74, 6) is 1.80. The normalized spacial score (nSPS) is 20.2. The highest BCUT2D eigenvalue weighted by atomic mass is 15.3. The smallest absolute Gasteiger partial charge is 0.162 e. The van der Waals surface area contributed by atoms with E-state index in [2.05, 4.69) is 26.8 Å². The number of nitrogens with two attached hydrogens (primary N) is 1. The van der Waals surface area contributed by atoms with Crippen molar-refractivity contribution < 1.29 is 0 Å². The van der Waals surface area contributed by atoms with Crippen molar-refractivity contribution in [1.29, 1.82) is 0 Å². The Kier molecular flexibility index (Phi) is 4.71. The molecule has 0 saturated heterocycles. The van der Waals surface area contributed by atoms with E-state index in [9.17, 15) is 0 Å². The quantitative estimate of drug-likeness (QED) is 0.654. The highest BCUT2D eigenvalue weighted by Gasteiger charge is 2.19. The molecule has 0 atom stereocenters. The van der Waals surface area contributed by atoms with Crippen LogP contribution in [0.3, 0.4) is 0 Å². The molecule has 0 aromatic carbocycles. The van der Waals surface area contributed by atoms with Gasteiger partial charge in [0.1, 0.15) is 11.6 Å². The van der Waals surface area contributed by atoms with E-state index in [-0.39, 0.29) is 0 Å². The second-order valence-corrected chi connectivity index (χ2v) is 7.06. The first-order chi connectivity index (χ1) is 12.7. The number of hydrogen-bond donors (Lipinski definition) is 3. The zero-order valence-electron chi connectivity index (χ0n) is 15.0. The van der Waals surface area contributed by atoms with Gasteiger partial charge < -0.3 is 16.4 Å². The molecule has 0 radical (unpaired) electrons. The monoisotopic (exact) mass is 351 g/mol. The van der Waals surface area contributed by atoms with Crippen molar-refractivity contribution in [2.24, 2.45) is 5.73 Å². The Morgan fingerprint density at radius 1 is 1.23 bits per heavy atom. The summed E-state index contributed by atoms with van der Waals surface area (Å²) in [5, 5.41) is 11.5. The Bertz CT molecular complexity index is 866. The SMILES string of the molecule is Cc1cnn2c(NCc3cccnc3)cc(NC3CCC(N)CC3)nc12. The molecule has 7 nitrogen and oxygen atoms in total. The maximum atomic E-state index is 6.02. The van der Waals surface area contributed by atoms with Crippen molar-refractivity contribution in [3.63, 3.8) is 0 Å². The third-order valence-corrected chi connectivity index (χ3v) is 4.97. The maximum Gasteiger partial charge on any atom is 0.162 e. The molecule has 26 heavy (non-hydrogen) atoms. The summed E-state index contributed by atoms with van der Waals surface area (Å²) in [7, 11) is 0. The molecular formula is C19H25N7. The lowest BCUT2D eigenvalue weighted by molar-refractivity contribution is 0.410. The first-order valence-electron chi connectivity index (χ1n) is 9.19. The van der Waals surface area contributed by atoms with E-state index in [4.69, 9.17) is 10.7 Å². The lowest BCUT2D eigenvalue weighted by Crippen LogP contribution is -2.33. The lowest BCUT2D eigenvalue weighted by Gasteiger charge is -2.27. The van der Waals surface area contributed by atoms with Gasteiger partial charge in [-0.1, -0.05) is 6.07 Å². The average molecular weight is 351 g/mol.